The summed E-state index contributed by atoms with van der Waals surface area (Å²) in [6.07, 6.45) is 17.8. The molecule has 2 heteroatoms. The Bertz CT molecular complexity index is 238. The molecule has 0 fully saturated rings. The van der Waals surface area contributed by atoms with Crippen molar-refractivity contribution in [3.05, 3.63) is 0 Å². The van der Waals surface area contributed by atoms with Crippen LogP contribution in [-0.4, -0.2) is 17.0 Å². The Morgan fingerprint density at radius 2 is 1.09 bits per heavy atom. The lowest BCUT2D eigenvalue weighted by Gasteiger charge is -2.09. The van der Waals surface area contributed by atoms with Gasteiger partial charge in [0.25, 0.3) is 0 Å². The van der Waals surface area contributed by atoms with E-state index in [2.05, 4.69) is 13.8 Å². The van der Waals surface area contributed by atoms with Crippen LogP contribution in [0.2, 0.25) is 0 Å². The number of ketones is 1. The Kier molecular flexibility index (Phi) is 16.7. The maximum Gasteiger partial charge on any atom is 0.161 e. The maximum atomic E-state index is 11.8. The van der Waals surface area contributed by atoms with E-state index in [1.807, 2.05) is 0 Å². The van der Waals surface area contributed by atoms with E-state index >= 15 is 0 Å². The number of aliphatic hydroxyl groups is 1. The molecule has 0 unspecified atom stereocenters. The smallest absolute Gasteiger partial charge is 0.161 e. The Morgan fingerprint density at radius 1 is 0.682 bits per heavy atom. The summed E-state index contributed by atoms with van der Waals surface area (Å²) < 4.78 is 0. The van der Waals surface area contributed by atoms with Gasteiger partial charge in [0, 0.05) is 6.42 Å². The second-order valence-electron chi connectivity index (χ2n) is 6.76. The van der Waals surface area contributed by atoms with Gasteiger partial charge in [-0.3, -0.25) is 4.79 Å². The molecule has 0 heterocycles. The summed E-state index contributed by atoms with van der Waals surface area (Å²) in [6, 6.07) is 0. The summed E-state index contributed by atoms with van der Waals surface area (Å²) in [5.74, 6) is 0.0690. The highest BCUT2D eigenvalue weighted by molar-refractivity contribution is 5.82. The standard InChI is InChI=1S/C20H40O2/c1-3-5-7-9-11-13-15-17-19(21)20(22)18-16-14-12-10-8-6-4-2/h19,21H,3-18H2,1-2H3/t19-/m0/s1. The van der Waals surface area contributed by atoms with E-state index in [0.717, 1.165) is 25.7 Å². The molecule has 0 aliphatic carbocycles. The number of carbonyl (C=O) groups excluding carboxylic acids is 1. The minimum atomic E-state index is -0.698. The minimum absolute atomic E-state index is 0.0690. The molecule has 0 aromatic rings. The molecule has 0 aromatic carbocycles. The van der Waals surface area contributed by atoms with Crippen molar-refractivity contribution in [3.63, 3.8) is 0 Å². The summed E-state index contributed by atoms with van der Waals surface area (Å²) in [5.41, 5.74) is 0. The van der Waals surface area contributed by atoms with Gasteiger partial charge in [0.1, 0.15) is 6.10 Å². The molecule has 0 saturated carbocycles. The van der Waals surface area contributed by atoms with Crippen molar-refractivity contribution in [1.29, 1.82) is 0 Å². The van der Waals surface area contributed by atoms with Crippen LogP contribution in [0.25, 0.3) is 0 Å². The van der Waals surface area contributed by atoms with Crippen LogP contribution in [0.1, 0.15) is 117 Å². The molecular formula is C20H40O2. The third-order valence-corrected chi connectivity index (χ3v) is 4.48. The lowest BCUT2D eigenvalue weighted by atomic mass is 10.0. The minimum Gasteiger partial charge on any atom is -0.385 e. The largest absolute Gasteiger partial charge is 0.385 e. The number of hydrogen-bond donors (Lipinski definition) is 1. The van der Waals surface area contributed by atoms with Gasteiger partial charge in [-0.05, 0) is 12.8 Å². The van der Waals surface area contributed by atoms with Crippen LogP contribution < -0.4 is 0 Å². The van der Waals surface area contributed by atoms with Crippen molar-refractivity contribution in [2.75, 3.05) is 0 Å². The molecule has 0 amide bonds. The van der Waals surface area contributed by atoms with Crippen LogP contribution in [0.15, 0.2) is 0 Å². The van der Waals surface area contributed by atoms with Crippen molar-refractivity contribution in [2.24, 2.45) is 0 Å². The van der Waals surface area contributed by atoms with Crippen molar-refractivity contribution in [2.45, 2.75) is 123 Å². The molecule has 2 nitrogen and oxygen atoms in total. The van der Waals surface area contributed by atoms with E-state index in [4.69, 9.17) is 0 Å². The summed E-state index contributed by atoms with van der Waals surface area (Å²) >= 11 is 0. The van der Waals surface area contributed by atoms with Crippen LogP contribution in [-0.2, 0) is 4.79 Å². The van der Waals surface area contributed by atoms with E-state index < -0.39 is 6.10 Å². The lowest BCUT2D eigenvalue weighted by molar-refractivity contribution is -0.127. The third kappa shape index (κ3) is 14.6. The van der Waals surface area contributed by atoms with E-state index in [1.165, 1.54) is 64.2 Å². The van der Waals surface area contributed by atoms with Crippen LogP contribution >= 0.6 is 0 Å². The van der Waals surface area contributed by atoms with Crippen molar-refractivity contribution in [1.82, 2.24) is 0 Å². The molecule has 0 saturated heterocycles. The highest BCUT2D eigenvalue weighted by Crippen LogP contribution is 2.13. The average molecular weight is 313 g/mol. The predicted molar refractivity (Wildman–Crippen MR) is 96.2 cm³/mol. The molecule has 1 atom stereocenters. The van der Waals surface area contributed by atoms with Gasteiger partial charge >= 0.3 is 0 Å². The number of Topliss-reactive ketones (excluding diaryl/α,β-unsaturated/α-hetero) is 1. The Balaban J connectivity index is 3.36. The summed E-state index contributed by atoms with van der Waals surface area (Å²) in [6.45, 7) is 4.46. The van der Waals surface area contributed by atoms with Crippen LogP contribution in [0.4, 0.5) is 0 Å². The third-order valence-electron chi connectivity index (χ3n) is 4.48. The van der Waals surface area contributed by atoms with E-state index in [-0.39, 0.29) is 5.78 Å². The molecule has 1 N–H and O–H groups in total. The van der Waals surface area contributed by atoms with E-state index in [9.17, 15) is 9.90 Å². The van der Waals surface area contributed by atoms with Crippen LogP contribution in [0.3, 0.4) is 0 Å². The van der Waals surface area contributed by atoms with Gasteiger partial charge in [-0.25, -0.2) is 0 Å². The molecular weight excluding hydrogens is 272 g/mol. The number of hydrogen-bond acceptors (Lipinski definition) is 2. The number of aliphatic hydroxyl groups excluding tert-OH is 1. The van der Waals surface area contributed by atoms with E-state index in [0.29, 0.717) is 12.8 Å². The summed E-state index contributed by atoms with van der Waals surface area (Å²) in [4.78, 5) is 11.8. The normalized spacial score (nSPS) is 12.5. The van der Waals surface area contributed by atoms with Crippen LogP contribution in [0, 0.1) is 0 Å². The zero-order chi connectivity index (χ0) is 16.5. The van der Waals surface area contributed by atoms with E-state index in [1.54, 1.807) is 0 Å². The van der Waals surface area contributed by atoms with Gasteiger partial charge < -0.3 is 5.11 Å². The second kappa shape index (κ2) is 17.0. The second-order valence-corrected chi connectivity index (χ2v) is 6.76. The molecule has 0 aliphatic rings. The van der Waals surface area contributed by atoms with Gasteiger partial charge in [-0.15, -0.1) is 0 Å². The molecule has 0 aliphatic heterocycles. The first-order valence-electron chi connectivity index (χ1n) is 9.93. The van der Waals surface area contributed by atoms with Gasteiger partial charge in [-0.2, -0.15) is 0 Å². The predicted octanol–water partition coefficient (Wildman–Crippen LogP) is 6.20. The topological polar surface area (TPSA) is 37.3 Å². The zero-order valence-electron chi connectivity index (χ0n) is 15.2. The number of rotatable bonds is 17. The highest BCUT2D eigenvalue weighted by Gasteiger charge is 2.13. The monoisotopic (exact) mass is 312 g/mol. The molecule has 0 rings (SSSR count). The summed E-state index contributed by atoms with van der Waals surface area (Å²) in [5, 5.41) is 9.88. The SMILES string of the molecule is CCCCCCCCCC(=O)[C@@H](O)CCCCCCCCC. The summed E-state index contributed by atoms with van der Waals surface area (Å²) in [7, 11) is 0. The number of unbranched alkanes of at least 4 members (excludes halogenated alkanes) is 12. The van der Waals surface area contributed by atoms with Gasteiger partial charge in [0.05, 0.1) is 0 Å². The molecule has 22 heavy (non-hydrogen) atoms. The zero-order valence-corrected chi connectivity index (χ0v) is 15.2. The fraction of sp³-hybridized carbons (Fsp3) is 0.950. The van der Waals surface area contributed by atoms with Gasteiger partial charge in [-0.1, -0.05) is 97.3 Å². The first-order valence-corrected chi connectivity index (χ1v) is 9.93. The molecule has 0 spiro atoms. The Hall–Kier alpha value is -0.370. The molecule has 0 aromatic heterocycles. The fourth-order valence-electron chi connectivity index (χ4n) is 2.88. The number of carbonyl (C=O) groups is 1. The lowest BCUT2D eigenvalue weighted by Crippen LogP contribution is -2.19. The first-order chi connectivity index (χ1) is 10.7. The fourth-order valence-corrected chi connectivity index (χ4v) is 2.88. The molecule has 0 bridgehead atoms. The molecule has 132 valence electrons. The quantitative estimate of drug-likeness (QED) is 0.325. The Labute approximate surface area is 139 Å². The maximum absolute atomic E-state index is 11.8. The Morgan fingerprint density at radius 3 is 1.59 bits per heavy atom. The average Bonchev–Trinajstić information content (AvgIpc) is 2.52. The van der Waals surface area contributed by atoms with Crippen molar-refractivity contribution in [3.8, 4) is 0 Å². The van der Waals surface area contributed by atoms with Crippen LogP contribution in [0.5, 0.6) is 0 Å². The molecule has 0 radical (unpaired) electrons. The van der Waals surface area contributed by atoms with Crippen molar-refractivity contribution >= 4 is 5.78 Å². The first kappa shape index (κ1) is 21.6. The van der Waals surface area contributed by atoms with Gasteiger partial charge in [0.2, 0.25) is 0 Å². The van der Waals surface area contributed by atoms with Crippen molar-refractivity contribution < 1.29 is 9.90 Å². The highest BCUT2D eigenvalue weighted by atomic mass is 16.3. The van der Waals surface area contributed by atoms with Gasteiger partial charge in [0.15, 0.2) is 5.78 Å².